The molecule has 8 nitrogen and oxygen atoms in total. The number of ether oxygens (including phenoxy) is 1. The number of nitrogens with one attached hydrogen (secondary N) is 1. The van der Waals surface area contributed by atoms with E-state index in [0.29, 0.717) is 11.4 Å². The summed E-state index contributed by atoms with van der Waals surface area (Å²) in [7, 11) is -4.78. The van der Waals surface area contributed by atoms with E-state index in [1.54, 1.807) is 0 Å². The van der Waals surface area contributed by atoms with Gasteiger partial charge in [0.1, 0.15) is 5.00 Å². The molecule has 0 bridgehead atoms. The zero-order valence-corrected chi connectivity index (χ0v) is 17.7. The maximum absolute atomic E-state index is 12.5. The van der Waals surface area contributed by atoms with E-state index in [2.05, 4.69) is 5.32 Å². The van der Waals surface area contributed by atoms with Crippen LogP contribution >= 0.6 is 11.3 Å². The number of rotatable bonds is 7. The number of sulfone groups is 1. The molecule has 0 unspecified atom stereocenters. The highest BCUT2D eigenvalue weighted by Gasteiger charge is 2.27. The lowest BCUT2D eigenvalue weighted by molar-refractivity contribution is -0.119. The first kappa shape index (κ1) is 22.8. The molecule has 1 aliphatic carbocycles. The van der Waals surface area contributed by atoms with Crippen LogP contribution in [0.1, 0.15) is 44.0 Å². The number of primary amides is 1. The largest absolute Gasteiger partial charge is 0.452 e. The van der Waals surface area contributed by atoms with Gasteiger partial charge in [-0.2, -0.15) is 8.78 Å². The molecular formula is C19H18F2N2O6S2. The van der Waals surface area contributed by atoms with E-state index in [1.165, 1.54) is 11.3 Å². The summed E-state index contributed by atoms with van der Waals surface area (Å²) in [5.41, 5.74) is 6.46. The molecule has 0 radical (unpaired) electrons. The van der Waals surface area contributed by atoms with Crippen molar-refractivity contribution in [3.05, 3.63) is 45.8 Å². The fraction of sp³-hybridized carbons (Fsp3) is 0.316. The van der Waals surface area contributed by atoms with Crippen molar-refractivity contribution in [2.24, 2.45) is 5.73 Å². The van der Waals surface area contributed by atoms with E-state index in [-0.39, 0.29) is 11.1 Å². The summed E-state index contributed by atoms with van der Waals surface area (Å²) in [6, 6.07) is 3.73. The van der Waals surface area contributed by atoms with E-state index in [4.69, 9.17) is 10.5 Å². The Morgan fingerprint density at radius 1 is 1.13 bits per heavy atom. The number of thiophene rings is 1. The first-order valence-corrected chi connectivity index (χ1v) is 11.5. The third-order valence-corrected chi connectivity index (χ3v) is 7.26. The van der Waals surface area contributed by atoms with E-state index in [0.717, 1.165) is 54.0 Å². The van der Waals surface area contributed by atoms with Gasteiger partial charge in [0.2, 0.25) is 9.84 Å². The highest BCUT2D eigenvalue weighted by Crippen LogP contribution is 2.37. The molecule has 0 aliphatic heterocycles. The fourth-order valence-electron chi connectivity index (χ4n) is 3.18. The van der Waals surface area contributed by atoms with E-state index in [9.17, 15) is 31.6 Å². The van der Waals surface area contributed by atoms with Crippen LogP contribution in [0.15, 0.2) is 29.2 Å². The number of esters is 1. The quantitative estimate of drug-likeness (QED) is 0.595. The summed E-state index contributed by atoms with van der Waals surface area (Å²) in [6.07, 6.45) is 3.40. The van der Waals surface area contributed by atoms with Gasteiger partial charge in [0.15, 0.2) is 6.61 Å². The molecule has 12 heteroatoms. The van der Waals surface area contributed by atoms with Gasteiger partial charge in [0.25, 0.3) is 11.8 Å². The summed E-state index contributed by atoms with van der Waals surface area (Å²) in [5.74, 6) is -5.86. The van der Waals surface area contributed by atoms with Crippen LogP contribution in [0.25, 0.3) is 0 Å². The van der Waals surface area contributed by atoms with E-state index < -0.39 is 44.9 Å². The Bertz CT molecular complexity index is 1130. The van der Waals surface area contributed by atoms with Gasteiger partial charge >= 0.3 is 11.7 Å². The number of halogens is 2. The van der Waals surface area contributed by atoms with Gasteiger partial charge in [-0.25, -0.2) is 13.2 Å². The molecule has 3 N–H and O–H groups in total. The molecule has 0 atom stereocenters. The molecule has 2 aromatic rings. The molecule has 0 saturated heterocycles. The van der Waals surface area contributed by atoms with Crippen molar-refractivity contribution in [2.45, 2.75) is 36.3 Å². The maximum Gasteiger partial charge on any atom is 0.341 e. The van der Waals surface area contributed by atoms with Crippen LogP contribution in [0.5, 0.6) is 0 Å². The topological polar surface area (TPSA) is 133 Å². The van der Waals surface area contributed by atoms with Gasteiger partial charge in [0, 0.05) is 4.88 Å². The van der Waals surface area contributed by atoms with Crippen molar-refractivity contribution in [3.8, 4) is 0 Å². The predicted molar refractivity (Wildman–Crippen MR) is 108 cm³/mol. The zero-order chi connectivity index (χ0) is 22.8. The average Bonchev–Trinajstić information content (AvgIpc) is 3.09. The monoisotopic (exact) mass is 472 g/mol. The standard InChI is InChI=1S/C19H18F2N2O6S2/c20-19(21)31(27,28)11-7-5-10(6-8-11)18(26)29-9-14(24)23-17-15(16(22)25)12-3-1-2-4-13(12)30-17/h5-8,19H,1-4,9H2,(H2,22,25)(H,23,24). The second kappa shape index (κ2) is 9.10. The fourth-order valence-corrected chi connectivity index (χ4v) is 5.21. The van der Waals surface area contributed by atoms with Crippen LogP contribution in [0.4, 0.5) is 13.8 Å². The normalized spacial score (nSPS) is 13.5. The van der Waals surface area contributed by atoms with E-state index >= 15 is 0 Å². The molecule has 1 aromatic carbocycles. The van der Waals surface area contributed by atoms with Crippen LogP contribution in [-0.4, -0.2) is 38.6 Å². The Labute approximate surface area is 180 Å². The summed E-state index contributed by atoms with van der Waals surface area (Å²) >= 11 is 1.26. The van der Waals surface area contributed by atoms with Crippen molar-refractivity contribution >= 4 is 44.0 Å². The SMILES string of the molecule is NC(=O)c1c(NC(=O)COC(=O)c2ccc(S(=O)(=O)C(F)F)cc2)sc2c1CCCC2. The number of alkyl halides is 2. The minimum Gasteiger partial charge on any atom is -0.452 e. The highest BCUT2D eigenvalue weighted by molar-refractivity contribution is 7.91. The molecule has 0 fully saturated rings. The zero-order valence-electron chi connectivity index (χ0n) is 16.0. The Kier molecular flexibility index (Phi) is 6.70. The summed E-state index contributed by atoms with van der Waals surface area (Å²) in [4.78, 5) is 36.4. The van der Waals surface area contributed by atoms with Crippen LogP contribution in [-0.2, 0) is 32.2 Å². The lowest BCUT2D eigenvalue weighted by Crippen LogP contribution is -2.23. The maximum atomic E-state index is 12.5. The smallest absolute Gasteiger partial charge is 0.341 e. The van der Waals surface area contributed by atoms with Crippen molar-refractivity contribution in [2.75, 3.05) is 11.9 Å². The lowest BCUT2D eigenvalue weighted by Gasteiger charge is -2.11. The molecule has 1 aromatic heterocycles. The first-order chi connectivity index (χ1) is 14.6. The molecule has 31 heavy (non-hydrogen) atoms. The number of carbonyl (C=O) groups excluding carboxylic acids is 3. The summed E-state index contributed by atoms with van der Waals surface area (Å²) < 4.78 is 52.8. The van der Waals surface area contributed by atoms with Crippen molar-refractivity contribution in [1.82, 2.24) is 0 Å². The predicted octanol–water partition coefficient (Wildman–Crippen LogP) is 2.52. The summed E-state index contributed by atoms with van der Waals surface area (Å²) in [5, 5.41) is 2.84. The second-order valence-electron chi connectivity index (χ2n) is 6.73. The van der Waals surface area contributed by atoms with E-state index in [1.807, 2.05) is 0 Å². The molecule has 166 valence electrons. The third kappa shape index (κ3) is 4.90. The van der Waals surface area contributed by atoms with Crippen LogP contribution in [0.2, 0.25) is 0 Å². The molecular weight excluding hydrogens is 454 g/mol. The number of nitrogens with two attached hydrogens (primary N) is 1. The molecule has 0 spiro atoms. The number of fused-ring (bicyclic) bond motifs is 1. The second-order valence-corrected chi connectivity index (χ2v) is 9.76. The number of carbonyl (C=O) groups is 3. The molecule has 3 rings (SSSR count). The van der Waals surface area contributed by atoms with Gasteiger partial charge in [-0.1, -0.05) is 0 Å². The molecule has 1 heterocycles. The Balaban J connectivity index is 1.63. The van der Waals surface area contributed by atoms with Gasteiger partial charge < -0.3 is 15.8 Å². The average molecular weight is 472 g/mol. The van der Waals surface area contributed by atoms with Crippen LogP contribution < -0.4 is 11.1 Å². The Hall–Kier alpha value is -2.86. The van der Waals surface area contributed by atoms with Gasteiger partial charge in [-0.3, -0.25) is 9.59 Å². The summed E-state index contributed by atoms with van der Waals surface area (Å²) in [6.45, 7) is -0.670. The number of hydrogen-bond acceptors (Lipinski definition) is 7. The van der Waals surface area contributed by atoms with Crippen LogP contribution in [0.3, 0.4) is 0 Å². The van der Waals surface area contributed by atoms with Crippen molar-refractivity contribution < 1.29 is 36.3 Å². The minimum atomic E-state index is -4.78. The van der Waals surface area contributed by atoms with Gasteiger partial charge in [-0.15, -0.1) is 11.3 Å². The lowest BCUT2D eigenvalue weighted by atomic mass is 9.95. The Morgan fingerprint density at radius 2 is 1.77 bits per heavy atom. The van der Waals surface area contributed by atoms with Gasteiger partial charge in [0.05, 0.1) is 16.0 Å². The number of amides is 2. The van der Waals surface area contributed by atoms with Crippen molar-refractivity contribution in [1.29, 1.82) is 0 Å². The van der Waals surface area contributed by atoms with Crippen LogP contribution in [0, 0.1) is 0 Å². The molecule has 1 aliphatic rings. The molecule has 2 amide bonds. The Morgan fingerprint density at radius 3 is 2.39 bits per heavy atom. The minimum absolute atomic E-state index is 0.120. The molecule has 0 saturated carbocycles. The van der Waals surface area contributed by atoms with Crippen molar-refractivity contribution in [3.63, 3.8) is 0 Å². The highest BCUT2D eigenvalue weighted by atomic mass is 32.2. The number of hydrogen-bond donors (Lipinski definition) is 2. The number of aryl methyl sites for hydroxylation is 1. The van der Waals surface area contributed by atoms with Gasteiger partial charge in [-0.05, 0) is 55.5 Å². The third-order valence-electron chi connectivity index (χ3n) is 4.66. The number of anilines is 1. The first-order valence-electron chi connectivity index (χ1n) is 9.14. The number of benzene rings is 1.